The van der Waals surface area contributed by atoms with E-state index in [4.69, 9.17) is 9.47 Å². The van der Waals surface area contributed by atoms with Crippen LogP contribution in [-0.4, -0.2) is 35.6 Å². The highest BCUT2D eigenvalue weighted by Crippen LogP contribution is 2.44. The smallest absolute Gasteiger partial charge is 0.269 e. The van der Waals surface area contributed by atoms with Crippen LogP contribution >= 0.6 is 0 Å². The summed E-state index contributed by atoms with van der Waals surface area (Å²) in [5.74, 6) is 0.214. The molecule has 1 aliphatic heterocycles. The summed E-state index contributed by atoms with van der Waals surface area (Å²) in [6.07, 6.45) is 1.43. The fourth-order valence-electron chi connectivity index (χ4n) is 3.87. The van der Waals surface area contributed by atoms with E-state index < -0.39 is 15.9 Å². The Morgan fingerprint density at radius 2 is 1.58 bits per heavy atom. The molecule has 0 saturated heterocycles. The summed E-state index contributed by atoms with van der Waals surface area (Å²) < 4.78 is 38.4. The van der Waals surface area contributed by atoms with Gasteiger partial charge in [0.2, 0.25) is 0 Å². The van der Waals surface area contributed by atoms with E-state index in [-0.39, 0.29) is 4.91 Å². The molecular formula is C23H28N2O5S. The van der Waals surface area contributed by atoms with Crippen molar-refractivity contribution < 1.29 is 22.7 Å². The van der Waals surface area contributed by atoms with Crippen LogP contribution in [-0.2, 0) is 27.7 Å². The van der Waals surface area contributed by atoms with Crippen LogP contribution in [0.5, 0.6) is 11.5 Å². The van der Waals surface area contributed by atoms with Crippen molar-refractivity contribution in [1.29, 1.82) is 0 Å². The Morgan fingerprint density at radius 1 is 1.03 bits per heavy atom. The Bertz CT molecular complexity index is 1150. The molecule has 0 radical (unpaired) electrons. The number of allylic oxidation sites excluding steroid dienone is 1. The average molecular weight is 445 g/mol. The van der Waals surface area contributed by atoms with Gasteiger partial charge in [-0.1, -0.05) is 32.0 Å². The lowest BCUT2D eigenvalue weighted by atomic mass is 10.0. The zero-order valence-corrected chi connectivity index (χ0v) is 19.5. The van der Waals surface area contributed by atoms with Gasteiger partial charge in [0.1, 0.15) is 0 Å². The minimum atomic E-state index is -4.06. The van der Waals surface area contributed by atoms with Crippen LogP contribution in [0.1, 0.15) is 37.5 Å². The lowest BCUT2D eigenvalue weighted by Crippen LogP contribution is -2.37. The maximum absolute atomic E-state index is 13.3. The van der Waals surface area contributed by atoms with Crippen molar-refractivity contribution in [2.75, 3.05) is 30.9 Å². The standard InChI is InChI=1S/C23H28N2O5S/c1-7-15-10-9-11-16(8-2)21(15)24-23(26)22-14(3)17-12-19(29-5)20(30-6)13-18(17)25(4)31(22,27)28/h9-13H,7-8H2,1-6H3,(H,24,26). The molecule has 2 aromatic rings. The first-order chi connectivity index (χ1) is 14.7. The Labute approximate surface area is 183 Å². The number of hydrogen-bond acceptors (Lipinski definition) is 5. The number of para-hydroxylation sites is 1. The third kappa shape index (κ3) is 3.76. The Kier molecular flexibility index (Phi) is 6.31. The number of sulfonamides is 1. The van der Waals surface area contributed by atoms with Crippen molar-refractivity contribution in [1.82, 2.24) is 0 Å². The number of hydrogen-bond donors (Lipinski definition) is 1. The van der Waals surface area contributed by atoms with E-state index in [0.29, 0.717) is 46.9 Å². The summed E-state index contributed by atoms with van der Waals surface area (Å²) in [5, 5.41) is 2.88. The monoisotopic (exact) mass is 444 g/mol. The first kappa shape index (κ1) is 22.7. The van der Waals surface area contributed by atoms with Crippen LogP contribution in [0.3, 0.4) is 0 Å². The molecule has 0 unspecified atom stereocenters. The van der Waals surface area contributed by atoms with Crippen molar-refractivity contribution in [3.05, 3.63) is 51.9 Å². The summed E-state index contributed by atoms with van der Waals surface area (Å²) in [4.78, 5) is 13.1. The molecule has 1 aliphatic rings. The van der Waals surface area contributed by atoms with Gasteiger partial charge < -0.3 is 14.8 Å². The predicted molar refractivity (Wildman–Crippen MR) is 123 cm³/mol. The molecule has 8 heteroatoms. The molecule has 7 nitrogen and oxygen atoms in total. The molecule has 1 amide bonds. The largest absolute Gasteiger partial charge is 0.493 e. The minimum Gasteiger partial charge on any atom is -0.493 e. The topological polar surface area (TPSA) is 84.9 Å². The summed E-state index contributed by atoms with van der Waals surface area (Å²) in [5.41, 5.74) is 3.97. The molecule has 1 heterocycles. The zero-order chi connectivity index (χ0) is 22.9. The van der Waals surface area contributed by atoms with Crippen molar-refractivity contribution >= 4 is 32.9 Å². The number of nitrogens with one attached hydrogen (secondary N) is 1. The summed E-state index contributed by atoms with van der Waals surface area (Å²) >= 11 is 0. The molecule has 31 heavy (non-hydrogen) atoms. The van der Waals surface area contributed by atoms with E-state index >= 15 is 0 Å². The molecule has 2 aromatic carbocycles. The second-order valence-electron chi connectivity index (χ2n) is 7.26. The number of amides is 1. The Hall–Kier alpha value is -3.00. The van der Waals surface area contributed by atoms with Crippen molar-refractivity contribution in [2.24, 2.45) is 0 Å². The molecule has 166 valence electrons. The van der Waals surface area contributed by atoms with E-state index in [2.05, 4.69) is 5.32 Å². The zero-order valence-electron chi connectivity index (χ0n) is 18.7. The molecule has 0 spiro atoms. The Balaban J connectivity index is 2.18. The lowest BCUT2D eigenvalue weighted by molar-refractivity contribution is -0.112. The van der Waals surface area contributed by atoms with Crippen LogP contribution in [0, 0.1) is 0 Å². The first-order valence-corrected chi connectivity index (χ1v) is 11.5. The summed E-state index contributed by atoms with van der Waals surface area (Å²) in [7, 11) is 0.358. The van der Waals surface area contributed by atoms with E-state index in [0.717, 1.165) is 15.4 Å². The molecule has 3 rings (SSSR count). The van der Waals surface area contributed by atoms with Crippen molar-refractivity contribution in [3.63, 3.8) is 0 Å². The van der Waals surface area contributed by atoms with Crippen LogP contribution in [0.25, 0.3) is 5.57 Å². The van der Waals surface area contributed by atoms with Gasteiger partial charge in [-0.05, 0) is 42.5 Å². The number of ether oxygens (including phenoxy) is 2. The van der Waals surface area contributed by atoms with Gasteiger partial charge in [-0.15, -0.1) is 0 Å². The number of methoxy groups -OCH3 is 2. The minimum absolute atomic E-state index is 0.275. The van der Waals surface area contributed by atoms with Crippen LogP contribution in [0.4, 0.5) is 11.4 Å². The normalized spacial score (nSPS) is 14.8. The van der Waals surface area contributed by atoms with Gasteiger partial charge in [-0.3, -0.25) is 9.10 Å². The van der Waals surface area contributed by atoms with E-state index in [1.807, 2.05) is 32.0 Å². The molecule has 0 fully saturated rings. The van der Waals surface area contributed by atoms with Gasteiger partial charge in [-0.2, -0.15) is 0 Å². The van der Waals surface area contributed by atoms with Crippen molar-refractivity contribution in [3.8, 4) is 11.5 Å². The molecule has 0 atom stereocenters. The van der Waals surface area contributed by atoms with Gasteiger partial charge in [0.25, 0.3) is 15.9 Å². The molecular weight excluding hydrogens is 416 g/mol. The summed E-state index contributed by atoms with van der Waals surface area (Å²) in [6, 6.07) is 9.11. The number of carbonyl (C=O) groups is 1. The van der Waals surface area contributed by atoms with E-state index in [9.17, 15) is 13.2 Å². The molecule has 0 bridgehead atoms. The maximum atomic E-state index is 13.3. The van der Waals surface area contributed by atoms with Gasteiger partial charge in [0, 0.05) is 24.4 Å². The Morgan fingerprint density at radius 3 is 2.10 bits per heavy atom. The van der Waals surface area contributed by atoms with Crippen LogP contribution in [0.2, 0.25) is 0 Å². The van der Waals surface area contributed by atoms with Crippen molar-refractivity contribution in [2.45, 2.75) is 33.6 Å². The number of benzene rings is 2. The highest BCUT2D eigenvalue weighted by Gasteiger charge is 2.38. The fourth-order valence-corrected chi connectivity index (χ4v) is 5.34. The number of fused-ring (bicyclic) bond motifs is 1. The van der Waals surface area contributed by atoms with Crippen LogP contribution in [0.15, 0.2) is 35.2 Å². The maximum Gasteiger partial charge on any atom is 0.269 e. The third-order valence-corrected chi connectivity index (χ3v) is 7.57. The highest BCUT2D eigenvalue weighted by atomic mass is 32.2. The first-order valence-electron chi connectivity index (χ1n) is 10.1. The van der Waals surface area contributed by atoms with Gasteiger partial charge in [0.15, 0.2) is 16.4 Å². The van der Waals surface area contributed by atoms with Gasteiger partial charge in [-0.25, -0.2) is 8.42 Å². The quantitative estimate of drug-likeness (QED) is 0.729. The SMILES string of the molecule is CCc1cccc(CC)c1NC(=O)C1=C(C)c2cc(OC)c(OC)cc2N(C)S1(=O)=O. The lowest BCUT2D eigenvalue weighted by Gasteiger charge is -2.30. The van der Waals surface area contributed by atoms with E-state index in [1.54, 1.807) is 19.1 Å². The number of aryl methyl sites for hydroxylation is 2. The molecule has 0 saturated carbocycles. The van der Waals surface area contributed by atoms with E-state index in [1.165, 1.54) is 21.3 Å². The van der Waals surface area contributed by atoms with Gasteiger partial charge in [0.05, 0.1) is 19.9 Å². The molecule has 0 aromatic heterocycles. The number of anilines is 2. The van der Waals surface area contributed by atoms with Gasteiger partial charge >= 0.3 is 0 Å². The van der Waals surface area contributed by atoms with Crippen LogP contribution < -0.4 is 19.1 Å². The average Bonchev–Trinajstić information content (AvgIpc) is 2.76. The fraction of sp³-hybridized carbons (Fsp3) is 0.348. The summed E-state index contributed by atoms with van der Waals surface area (Å²) in [6.45, 7) is 5.63. The highest BCUT2D eigenvalue weighted by molar-refractivity contribution is 7.97. The number of rotatable bonds is 6. The number of carbonyl (C=O) groups excluding carboxylic acids is 1. The third-order valence-electron chi connectivity index (χ3n) is 5.65. The number of nitrogens with zero attached hydrogens (tertiary/aromatic N) is 1. The second-order valence-corrected chi connectivity index (χ2v) is 9.17. The predicted octanol–water partition coefficient (Wildman–Crippen LogP) is 3.98. The molecule has 0 aliphatic carbocycles. The molecule has 1 N–H and O–H groups in total. The second kappa shape index (κ2) is 8.63.